The summed E-state index contributed by atoms with van der Waals surface area (Å²) in [6.07, 6.45) is 4.27. The molecule has 0 aliphatic rings. The molecule has 0 amide bonds. The first kappa shape index (κ1) is 27.0. The van der Waals surface area contributed by atoms with Crippen LogP contribution in [0.15, 0.2) is 35.6 Å². The molecule has 8 nitrogen and oxygen atoms in total. The third-order valence-electron chi connectivity index (χ3n) is 4.53. The Morgan fingerprint density at radius 1 is 1.16 bits per heavy atom. The number of guanidine groups is 1. The van der Waals surface area contributed by atoms with E-state index in [4.69, 9.17) is 9.47 Å². The molecule has 31 heavy (non-hydrogen) atoms. The summed E-state index contributed by atoms with van der Waals surface area (Å²) in [5.74, 6) is 2.20. The van der Waals surface area contributed by atoms with Crippen molar-refractivity contribution in [2.75, 3.05) is 32.8 Å². The Morgan fingerprint density at radius 2 is 1.87 bits per heavy atom. The van der Waals surface area contributed by atoms with Crippen molar-refractivity contribution >= 4 is 29.9 Å². The molecule has 0 saturated carbocycles. The monoisotopic (exact) mass is 545 g/mol. The molecular formula is C22H36IN5O3. The lowest BCUT2D eigenvalue weighted by Crippen LogP contribution is -2.39. The van der Waals surface area contributed by atoms with Crippen molar-refractivity contribution < 1.29 is 14.6 Å². The molecule has 0 fully saturated rings. The van der Waals surface area contributed by atoms with Gasteiger partial charge in [-0.3, -0.25) is 4.68 Å². The van der Waals surface area contributed by atoms with Crippen LogP contribution in [0.5, 0.6) is 11.5 Å². The molecule has 0 aliphatic heterocycles. The fraction of sp³-hybridized carbons (Fsp3) is 0.545. The molecule has 2 aromatic rings. The predicted molar refractivity (Wildman–Crippen MR) is 135 cm³/mol. The smallest absolute Gasteiger partial charge is 0.191 e. The van der Waals surface area contributed by atoms with E-state index in [1.807, 2.05) is 46.0 Å². The minimum absolute atomic E-state index is 0. The minimum Gasteiger partial charge on any atom is -0.490 e. The number of benzene rings is 1. The minimum atomic E-state index is -1.09. The van der Waals surface area contributed by atoms with Crippen molar-refractivity contribution in [2.45, 2.75) is 39.7 Å². The molecule has 3 N–H and O–H groups in total. The van der Waals surface area contributed by atoms with Crippen molar-refractivity contribution in [3.05, 3.63) is 41.7 Å². The van der Waals surface area contributed by atoms with Gasteiger partial charge in [-0.1, -0.05) is 6.07 Å². The summed E-state index contributed by atoms with van der Waals surface area (Å²) in [6, 6.07) is 6.02. The van der Waals surface area contributed by atoms with E-state index in [9.17, 15) is 5.11 Å². The van der Waals surface area contributed by atoms with Crippen LogP contribution in [0.2, 0.25) is 0 Å². The van der Waals surface area contributed by atoms with Gasteiger partial charge < -0.3 is 25.2 Å². The lowest BCUT2D eigenvalue weighted by atomic mass is 10.0. The molecular weight excluding hydrogens is 509 g/mol. The molecule has 1 atom stereocenters. The van der Waals surface area contributed by atoms with E-state index in [-0.39, 0.29) is 30.5 Å². The van der Waals surface area contributed by atoms with Crippen LogP contribution in [0.3, 0.4) is 0 Å². The van der Waals surface area contributed by atoms with Crippen molar-refractivity contribution in [3.8, 4) is 11.5 Å². The van der Waals surface area contributed by atoms with E-state index in [0.717, 1.165) is 35.6 Å². The topological polar surface area (TPSA) is 92.9 Å². The molecule has 0 aliphatic carbocycles. The van der Waals surface area contributed by atoms with Crippen LogP contribution in [0.4, 0.5) is 0 Å². The second kappa shape index (κ2) is 13.4. The third kappa shape index (κ3) is 8.56. The number of hydrogen-bond acceptors (Lipinski definition) is 5. The largest absolute Gasteiger partial charge is 0.490 e. The number of hydrogen-bond donors (Lipinski definition) is 3. The highest BCUT2D eigenvalue weighted by Crippen LogP contribution is 2.28. The number of halogens is 1. The first-order chi connectivity index (χ1) is 14.4. The van der Waals surface area contributed by atoms with E-state index >= 15 is 0 Å². The third-order valence-corrected chi connectivity index (χ3v) is 4.53. The van der Waals surface area contributed by atoms with Gasteiger partial charge in [0.2, 0.25) is 0 Å². The maximum absolute atomic E-state index is 10.7. The zero-order valence-corrected chi connectivity index (χ0v) is 21.5. The average molecular weight is 545 g/mol. The van der Waals surface area contributed by atoms with E-state index in [0.29, 0.717) is 25.7 Å². The number of aryl methyl sites for hydroxylation is 1. The highest BCUT2D eigenvalue weighted by molar-refractivity contribution is 14.0. The molecule has 0 bridgehead atoms. The van der Waals surface area contributed by atoms with Crippen molar-refractivity contribution in [3.63, 3.8) is 0 Å². The summed E-state index contributed by atoms with van der Waals surface area (Å²) in [5.41, 5.74) is 0.799. The molecule has 1 unspecified atom stereocenters. The number of nitrogens with one attached hydrogen (secondary N) is 2. The number of aliphatic imine (C=N–C) groups is 1. The molecule has 0 spiro atoms. The summed E-state index contributed by atoms with van der Waals surface area (Å²) in [7, 11) is 1.83. The van der Waals surface area contributed by atoms with Crippen LogP contribution in [-0.2, 0) is 19.1 Å². The van der Waals surface area contributed by atoms with Gasteiger partial charge in [0.1, 0.15) is 5.60 Å². The number of aromatic nitrogens is 2. The molecule has 1 heterocycles. The SMILES string of the molecule is CCNC(=NCC(C)(O)c1cnn(C)c1)NCCc1ccc(OCC)c(OCC)c1.I. The fourth-order valence-corrected chi connectivity index (χ4v) is 2.94. The van der Waals surface area contributed by atoms with Crippen molar-refractivity contribution in [1.82, 2.24) is 20.4 Å². The van der Waals surface area contributed by atoms with E-state index in [2.05, 4.69) is 20.7 Å². The highest BCUT2D eigenvalue weighted by atomic mass is 127. The molecule has 9 heteroatoms. The normalized spacial score (nSPS) is 13.2. The molecule has 1 aromatic carbocycles. The molecule has 0 radical (unpaired) electrons. The van der Waals surface area contributed by atoms with Gasteiger partial charge in [0.15, 0.2) is 17.5 Å². The van der Waals surface area contributed by atoms with E-state index in [1.54, 1.807) is 24.0 Å². The van der Waals surface area contributed by atoms with E-state index in [1.165, 1.54) is 0 Å². The second-order valence-corrected chi connectivity index (χ2v) is 7.20. The maximum Gasteiger partial charge on any atom is 0.191 e. The van der Waals surface area contributed by atoms with Gasteiger partial charge in [-0.15, -0.1) is 24.0 Å². The van der Waals surface area contributed by atoms with Crippen LogP contribution >= 0.6 is 24.0 Å². The Hall–Kier alpha value is -2.01. The Bertz CT molecular complexity index is 823. The molecule has 0 saturated heterocycles. The first-order valence-corrected chi connectivity index (χ1v) is 10.5. The standard InChI is InChI=1S/C22H35N5O3.HI/c1-6-23-21(25-16-22(4,28)18-14-26-27(5)15-18)24-12-11-17-9-10-19(29-7-2)20(13-17)30-8-3;/h9-10,13-15,28H,6-8,11-12,16H2,1-5H3,(H2,23,24,25);1H. The van der Waals surface area contributed by atoms with Crippen LogP contribution < -0.4 is 20.1 Å². The Labute approximate surface area is 202 Å². The van der Waals surface area contributed by atoms with Gasteiger partial charge in [0, 0.05) is 31.9 Å². The van der Waals surface area contributed by atoms with Gasteiger partial charge in [-0.2, -0.15) is 5.10 Å². The highest BCUT2D eigenvalue weighted by Gasteiger charge is 2.24. The average Bonchev–Trinajstić information content (AvgIpc) is 3.16. The van der Waals surface area contributed by atoms with Crippen LogP contribution in [0.1, 0.15) is 38.8 Å². The summed E-state index contributed by atoms with van der Waals surface area (Å²) in [5, 5.41) is 21.4. The summed E-state index contributed by atoms with van der Waals surface area (Å²) < 4.78 is 13.0. The van der Waals surface area contributed by atoms with Crippen LogP contribution in [0.25, 0.3) is 0 Å². The maximum atomic E-state index is 10.7. The van der Waals surface area contributed by atoms with Gasteiger partial charge in [0.25, 0.3) is 0 Å². The van der Waals surface area contributed by atoms with Gasteiger partial charge in [-0.05, 0) is 51.8 Å². The molecule has 1 aromatic heterocycles. The lowest BCUT2D eigenvalue weighted by molar-refractivity contribution is 0.0672. The quantitative estimate of drug-likeness (QED) is 0.229. The summed E-state index contributed by atoms with van der Waals surface area (Å²) >= 11 is 0. The molecule has 2 rings (SSSR count). The number of rotatable bonds is 11. The lowest BCUT2D eigenvalue weighted by Gasteiger charge is -2.20. The zero-order chi connectivity index (χ0) is 22.0. The summed E-state index contributed by atoms with van der Waals surface area (Å²) in [6.45, 7) is 10.5. The van der Waals surface area contributed by atoms with Crippen LogP contribution in [-0.4, -0.2) is 53.7 Å². The Morgan fingerprint density at radius 3 is 2.48 bits per heavy atom. The Kier molecular flexibility index (Phi) is 11.7. The van der Waals surface area contributed by atoms with Gasteiger partial charge in [-0.25, -0.2) is 4.99 Å². The Balaban J connectivity index is 0.00000480. The van der Waals surface area contributed by atoms with Crippen molar-refractivity contribution in [1.29, 1.82) is 0 Å². The summed E-state index contributed by atoms with van der Waals surface area (Å²) in [4.78, 5) is 4.55. The number of nitrogens with zero attached hydrogens (tertiary/aromatic N) is 3. The second-order valence-electron chi connectivity index (χ2n) is 7.20. The van der Waals surface area contributed by atoms with E-state index < -0.39 is 5.60 Å². The zero-order valence-electron chi connectivity index (χ0n) is 19.1. The number of ether oxygens (including phenoxy) is 2. The van der Waals surface area contributed by atoms with Crippen LogP contribution in [0, 0.1) is 0 Å². The molecule has 174 valence electrons. The van der Waals surface area contributed by atoms with Gasteiger partial charge >= 0.3 is 0 Å². The predicted octanol–water partition coefficient (Wildman–Crippen LogP) is 2.84. The van der Waals surface area contributed by atoms with Crippen molar-refractivity contribution in [2.24, 2.45) is 12.0 Å². The fourth-order valence-electron chi connectivity index (χ4n) is 2.94. The van der Waals surface area contributed by atoms with Gasteiger partial charge in [0.05, 0.1) is 26.0 Å². The first-order valence-electron chi connectivity index (χ1n) is 10.5. The number of aliphatic hydroxyl groups is 1.